The lowest BCUT2D eigenvalue weighted by molar-refractivity contribution is -0.148. The molecule has 1 aliphatic rings. The number of imide groups is 1. The summed E-state index contributed by atoms with van der Waals surface area (Å²) in [6, 6.07) is 3.89. The molecule has 0 saturated heterocycles. The van der Waals surface area contributed by atoms with Crippen LogP contribution < -0.4 is 5.73 Å². The number of rotatable bonds is 7. The third-order valence-corrected chi connectivity index (χ3v) is 3.69. The largest absolute Gasteiger partial charge is 0.468 e. The Morgan fingerprint density at radius 2 is 1.52 bits per heavy atom. The lowest BCUT2D eigenvalue weighted by Gasteiger charge is -2.24. The Labute approximate surface area is 143 Å². The van der Waals surface area contributed by atoms with Crippen molar-refractivity contribution in [2.75, 3.05) is 27.4 Å². The molecule has 1 heterocycles. The van der Waals surface area contributed by atoms with Gasteiger partial charge in [-0.2, -0.15) is 0 Å². The number of hydrogen-bond acceptors (Lipinski definition) is 8. The van der Waals surface area contributed by atoms with E-state index in [2.05, 4.69) is 9.47 Å². The van der Waals surface area contributed by atoms with Crippen molar-refractivity contribution in [2.45, 2.75) is 12.1 Å². The van der Waals surface area contributed by atoms with Crippen molar-refractivity contribution in [3.63, 3.8) is 0 Å². The van der Waals surface area contributed by atoms with Crippen molar-refractivity contribution >= 4 is 23.8 Å². The Kier molecular flexibility index (Phi) is 5.84. The molecule has 0 fully saturated rings. The van der Waals surface area contributed by atoms with Gasteiger partial charge in [-0.05, 0) is 12.1 Å². The summed E-state index contributed by atoms with van der Waals surface area (Å²) in [5.74, 6) is -2.73. The van der Waals surface area contributed by atoms with Gasteiger partial charge < -0.3 is 19.9 Å². The molecule has 1 aliphatic heterocycles. The van der Waals surface area contributed by atoms with Crippen LogP contribution in [-0.2, 0) is 23.8 Å². The minimum atomic E-state index is -1.29. The average molecular weight is 350 g/mol. The fraction of sp³-hybridized carbons (Fsp3) is 0.375. The van der Waals surface area contributed by atoms with Crippen LogP contribution in [0.25, 0.3) is 0 Å². The average Bonchev–Trinajstić information content (AvgIpc) is 2.88. The molecule has 0 spiro atoms. The summed E-state index contributed by atoms with van der Waals surface area (Å²) in [6.07, 6.45) is 0. The molecule has 0 saturated carbocycles. The van der Waals surface area contributed by atoms with Crippen molar-refractivity contribution in [3.05, 3.63) is 35.4 Å². The molecule has 0 aromatic heterocycles. The zero-order chi connectivity index (χ0) is 18.6. The fourth-order valence-corrected chi connectivity index (χ4v) is 2.40. The summed E-state index contributed by atoms with van der Waals surface area (Å²) < 4.78 is 14.4. The van der Waals surface area contributed by atoms with E-state index < -0.39 is 35.8 Å². The Hall–Kier alpha value is -2.78. The maximum Gasteiger partial charge on any atom is 0.331 e. The van der Waals surface area contributed by atoms with Gasteiger partial charge in [-0.1, -0.05) is 12.1 Å². The molecule has 2 amide bonds. The zero-order valence-electron chi connectivity index (χ0n) is 13.8. The molecule has 1 aromatic rings. The number of amides is 2. The summed E-state index contributed by atoms with van der Waals surface area (Å²) in [6.45, 7) is -0.605. The predicted octanol–water partition coefficient (Wildman–Crippen LogP) is -0.659. The third kappa shape index (κ3) is 3.67. The van der Waals surface area contributed by atoms with Crippen molar-refractivity contribution < 1.29 is 33.4 Å². The Balaban J connectivity index is 2.14. The second-order valence-electron chi connectivity index (χ2n) is 5.23. The van der Waals surface area contributed by atoms with E-state index in [4.69, 9.17) is 10.5 Å². The van der Waals surface area contributed by atoms with Gasteiger partial charge in [-0.15, -0.1) is 0 Å². The normalized spacial score (nSPS) is 15.6. The van der Waals surface area contributed by atoms with Gasteiger partial charge in [0, 0.05) is 0 Å². The number of hydrogen-bond donors (Lipinski definition) is 1. The topological polar surface area (TPSA) is 125 Å². The number of carbonyl (C=O) groups excluding carboxylic acids is 4. The van der Waals surface area contributed by atoms with Crippen molar-refractivity contribution in [1.82, 2.24) is 4.90 Å². The van der Waals surface area contributed by atoms with E-state index in [1.165, 1.54) is 19.2 Å². The zero-order valence-corrected chi connectivity index (χ0v) is 13.8. The monoisotopic (exact) mass is 350 g/mol. The number of methoxy groups -OCH3 is 2. The van der Waals surface area contributed by atoms with Gasteiger partial charge in [0.15, 0.2) is 6.04 Å². The molecule has 0 aliphatic carbocycles. The standard InChI is InChI=1S/C16H18N2O7/c1-23-15(21)11(17)7-25-8-12(16(22)24-2)18-13(19)9-5-3-4-6-10(9)14(18)20/h3-6,11-12H,7-8,17H2,1-2H3/t11?,12-/m1/s1. The van der Waals surface area contributed by atoms with Gasteiger partial charge in [-0.25, -0.2) is 4.79 Å². The van der Waals surface area contributed by atoms with Crippen LogP contribution in [0.1, 0.15) is 20.7 Å². The highest BCUT2D eigenvalue weighted by Gasteiger charge is 2.43. The first-order valence-electron chi connectivity index (χ1n) is 7.38. The Morgan fingerprint density at radius 3 is 2.00 bits per heavy atom. The van der Waals surface area contributed by atoms with Gasteiger partial charge in [-0.3, -0.25) is 19.3 Å². The van der Waals surface area contributed by atoms with Gasteiger partial charge in [0.05, 0.1) is 38.6 Å². The first kappa shape index (κ1) is 18.6. The van der Waals surface area contributed by atoms with E-state index in [9.17, 15) is 19.2 Å². The molecule has 1 unspecified atom stereocenters. The van der Waals surface area contributed by atoms with Gasteiger partial charge >= 0.3 is 11.9 Å². The Bertz CT molecular complexity index is 668. The molecule has 2 N–H and O–H groups in total. The molecular formula is C16H18N2O7. The van der Waals surface area contributed by atoms with Gasteiger partial charge in [0.1, 0.15) is 6.04 Å². The van der Waals surface area contributed by atoms with E-state index in [0.717, 1.165) is 12.0 Å². The molecule has 9 nitrogen and oxygen atoms in total. The molecule has 2 atom stereocenters. The van der Waals surface area contributed by atoms with Crippen LogP contribution in [0.2, 0.25) is 0 Å². The van der Waals surface area contributed by atoms with E-state index in [1.807, 2.05) is 0 Å². The van der Waals surface area contributed by atoms with Crippen LogP contribution in [0, 0.1) is 0 Å². The van der Waals surface area contributed by atoms with Crippen molar-refractivity contribution in [3.8, 4) is 0 Å². The van der Waals surface area contributed by atoms with Gasteiger partial charge in [0.25, 0.3) is 11.8 Å². The molecule has 25 heavy (non-hydrogen) atoms. The summed E-state index contributed by atoms with van der Waals surface area (Å²) in [4.78, 5) is 49.0. The molecule has 2 rings (SSSR count). The number of ether oxygens (including phenoxy) is 3. The molecular weight excluding hydrogens is 332 g/mol. The minimum absolute atomic E-state index is 0.202. The number of benzene rings is 1. The van der Waals surface area contributed by atoms with Crippen LogP contribution >= 0.6 is 0 Å². The second-order valence-corrected chi connectivity index (χ2v) is 5.23. The maximum atomic E-state index is 12.5. The molecule has 134 valence electrons. The first-order valence-corrected chi connectivity index (χ1v) is 7.38. The van der Waals surface area contributed by atoms with E-state index in [1.54, 1.807) is 12.1 Å². The predicted molar refractivity (Wildman–Crippen MR) is 83.6 cm³/mol. The highest BCUT2D eigenvalue weighted by Crippen LogP contribution is 2.25. The number of nitrogens with two attached hydrogens (primary N) is 1. The summed E-state index contributed by atoms with van der Waals surface area (Å²) in [5.41, 5.74) is 5.94. The summed E-state index contributed by atoms with van der Waals surface area (Å²) >= 11 is 0. The first-order chi connectivity index (χ1) is 11.9. The second kappa shape index (κ2) is 7.86. The number of esters is 2. The van der Waals surface area contributed by atoms with Crippen LogP contribution in [-0.4, -0.2) is 68.2 Å². The van der Waals surface area contributed by atoms with E-state index >= 15 is 0 Å². The van der Waals surface area contributed by atoms with Crippen LogP contribution in [0.5, 0.6) is 0 Å². The van der Waals surface area contributed by atoms with Crippen LogP contribution in [0.3, 0.4) is 0 Å². The van der Waals surface area contributed by atoms with Crippen LogP contribution in [0.4, 0.5) is 0 Å². The lowest BCUT2D eigenvalue weighted by Crippen LogP contribution is -2.49. The maximum absolute atomic E-state index is 12.5. The SMILES string of the molecule is COC(=O)C(N)COC[C@H](C(=O)OC)N1C(=O)c2ccccc2C1=O. The molecule has 1 aromatic carbocycles. The fourth-order valence-electron chi connectivity index (χ4n) is 2.40. The van der Waals surface area contributed by atoms with Gasteiger partial charge in [0.2, 0.25) is 0 Å². The summed E-state index contributed by atoms with van der Waals surface area (Å²) in [7, 11) is 2.31. The van der Waals surface area contributed by atoms with E-state index in [0.29, 0.717) is 0 Å². The summed E-state index contributed by atoms with van der Waals surface area (Å²) in [5, 5.41) is 0. The Morgan fingerprint density at radius 1 is 1.00 bits per heavy atom. The smallest absolute Gasteiger partial charge is 0.331 e. The third-order valence-electron chi connectivity index (χ3n) is 3.69. The van der Waals surface area contributed by atoms with Crippen molar-refractivity contribution in [1.29, 1.82) is 0 Å². The van der Waals surface area contributed by atoms with Crippen LogP contribution in [0.15, 0.2) is 24.3 Å². The number of nitrogens with zero attached hydrogens (tertiary/aromatic N) is 1. The number of carbonyl (C=O) groups is 4. The van der Waals surface area contributed by atoms with Crippen molar-refractivity contribution in [2.24, 2.45) is 5.73 Å². The quantitative estimate of drug-likeness (QED) is 0.507. The highest BCUT2D eigenvalue weighted by molar-refractivity contribution is 6.22. The number of fused-ring (bicyclic) bond motifs is 1. The molecule has 9 heteroatoms. The lowest BCUT2D eigenvalue weighted by atomic mass is 10.1. The minimum Gasteiger partial charge on any atom is -0.468 e. The molecule has 0 radical (unpaired) electrons. The molecule has 0 bridgehead atoms. The van der Waals surface area contributed by atoms with E-state index in [-0.39, 0.29) is 24.3 Å². The highest BCUT2D eigenvalue weighted by atomic mass is 16.5.